The standard InChI is InChI=1S/C51H48N6O9/c52-50(62)53-20-8-9-32-16-18-39-38(27-32)51(49(61)54-39)42(47(59)56-23-21-55(22-24-56)30-33-17-19-40-41(28-33)65-31-64-40)44-48(60)66-45(35-12-5-2-6-13-35)43(34-10-3-1-4-11-34)57(44)46(51)36-14-7-15-37(29-36)63-26-25-58/h1-7,10-19,27-29,42-46,58H,20-26,30-31H2,(H,54,61)(H3,52,53,62)/t42-,43-,44-,45+,46+,51-/m0/s1. The van der Waals surface area contributed by atoms with E-state index in [1.54, 1.807) is 23.1 Å². The fourth-order valence-electron chi connectivity index (χ4n) is 10.5. The van der Waals surface area contributed by atoms with Crippen LogP contribution in [0.5, 0.6) is 17.2 Å². The van der Waals surface area contributed by atoms with Crippen LogP contribution in [0.3, 0.4) is 0 Å². The van der Waals surface area contributed by atoms with E-state index in [0.29, 0.717) is 72.4 Å². The molecule has 10 rings (SSSR count). The number of piperazine rings is 1. The second-order valence-corrected chi connectivity index (χ2v) is 16.9. The van der Waals surface area contributed by atoms with Crippen molar-refractivity contribution in [3.63, 3.8) is 0 Å². The summed E-state index contributed by atoms with van der Waals surface area (Å²) in [5.74, 6) is 5.16. The number of primary amides is 1. The Hall–Kier alpha value is -7.38. The molecule has 3 fully saturated rings. The molecule has 0 unspecified atom stereocenters. The monoisotopic (exact) mass is 888 g/mol. The maximum atomic E-state index is 16.0. The predicted octanol–water partition coefficient (Wildman–Crippen LogP) is 4.42. The van der Waals surface area contributed by atoms with Gasteiger partial charge in [0, 0.05) is 44.0 Å². The molecule has 5 aromatic rings. The molecule has 5 heterocycles. The second-order valence-electron chi connectivity index (χ2n) is 16.9. The molecular formula is C51H48N6O9. The van der Waals surface area contributed by atoms with Gasteiger partial charge in [-0.15, -0.1) is 0 Å². The highest BCUT2D eigenvalue weighted by Crippen LogP contribution is 2.65. The van der Waals surface area contributed by atoms with E-state index in [1.165, 1.54) is 0 Å². The molecule has 15 nitrogen and oxygen atoms in total. The van der Waals surface area contributed by atoms with Gasteiger partial charge in [0.1, 0.15) is 29.9 Å². The molecule has 1 spiro atoms. The first-order valence-electron chi connectivity index (χ1n) is 22.0. The van der Waals surface area contributed by atoms with Crippen molar-refractivity contribution >= 4 is 29.5 Å². The fourth-order valence-corrected chi connectivity index (χ4v) is 10.5. The average Bonchev–Trinajstić information content (AvgIpc) is 4.02. The molecule has 6 atom stereocenters. The number of ether oxygens (including phenoxy) is 4. The second kappa shape index (κ2) is 17.9. The SMILES string of the molecule is NC(=O)NCC#Cc1ccc2c(c1)[C@]1(C(=O)N2)[C@H](C(=O)N2CCN(Cc3ccc4c(c3)OCO4)CC2)[C@H]2C(=O)O[C@H](c3ccccc3)[C@H](c3ccccc3)N2[C@@H]1c1cccc(OCCO)c1. The van der Waals surface area contributed by atoms with Crippen LogP contribution in [0, 0.1) is 17.8 Å². The molecule has 336 valence electrons. The van der Waals surface area contributed by atoms with Gasteiger partial charge in [0.2, 0.25) is 18.6 Å². The summed E-state index contributed by atoms with van der Waals surface area (Å²) in [6.45, 7) is 2.36. The first kappa shape index (κ1) is 42.6. The molecule has 5 aromatic carbocycles. The number of benzene rings is 5. The summed E-state index contributed by atoms with van der Waals surface area (Å²) < 4.78 is 23.7. The number of aliphatic hydroxyl groups excluding tert-OH is 1. The van der Waals surface area contributed by atoms with E-state index < -0.39 is 53.5 Å². The predicted molar refractivity (Wildman–Crippen MR) is 241 cm³/mol. The minimum atomic E-state index is -1.74. The minimum Gasteiger partial charge on any atom is -0.491 e. The molecular weight excluding hydrogens is 841 g/mol. The number of esters is 1. The third kappa shape index (κ3) is 7.62. The highest BCUT2D eigenvalue weighted by molar-refractivity contribution is 6.12. The van der Waals surface area contributed by atoms with E-state index in [2.05, 4.69) is 27.4 Å². The Bertz CT molecular complexity index is 2740. The van der Waals surface area contributed by atoms with E-state index in [4.69, 9.17) is 24.7 Å². The summed E-state index contributed by atoms with van der Waals surface area (Å²) in [6, 6.07) is 34.1. The van der Waals surface area contributed by atoms with Crippen LogP contribution in [-0.2, 0) is 31.1 Å². The van der Waals surface area contributed by atoms with Gasteiger partial charge in [0.05, 0.1) is 31.2 Å². The number of carbonyl (C=O) groups is 4. The highest BCUT2D eigenvalue weighted by Gasteiger charge is 2.74. The molecule has 0 aromatic heterocycles. The van der Waals surface area contributed by atoms with Gasteiger partial charge in [-0.25, -0.2) is 4.79 Å². The Morgan fingerprint density at radius 2 is 1.58 bits per heavy atom. The largest absolute Gasteiger partial charge is 0.491 e. The van der Waals surface area contributed by atoms with Crippen LogP contribution >= 0.6 is 0 Å². The van der Waals surface area contributed by atoms with Crippen LogP contribution in [0.4, 0.5) is 10.5 Å². The van der Waals surface area contributed by atoms with Gasteiger partial charge in [-0.05, 0) is 70.3 Å². The quantitative estimate of drug-likeness (QED) is 0.115. The summed E-state index contributed by atoms with van der Waals surface area (Å²) >= 11 is 0. The number of nitrogens with zero attached hydrogens (tertiary/aromatic N) is 3. The van der Waals surface area contributed by atoms with Gasteiger partial charge in [-0.3, -0.25) is 24.2 Å². The van der Waals surface area contributed by atoms with E-state index >= 15 is 14.4 Å². The minimum absolute atomic E-state index is 0.0128. The molecule has 0 radical (unpaired) electrons. The number of hydrogen-bond donors (Lipinski definition) is 4. The molecule has 4 amide bonds. The molecule has 5 aliphatic heterocycles. The number of hydrogen-bond acceptors (Lipinski definition) is 11. The van der Waals surface area contributed by atoms with Crippen LogP contribution < -0.4 is 30.6 Å². The number of nitrogens with one attached hydrogen (secondary N) is 2. The van der Waals surface area contributed by atoms with Crippen molar-refractivity contribution < 1.29 is 43.2 Å². The van der Waals surface area contributed by atoms with E-state index in [-0.39, 0.29) is 32.5 Å². The summed E-state index contributed by atoms with van der Waals surface area (Å²) in [4.78, 5) is 64.5. The number of amides is 4. The molecule has 5 aliphatic rings. The van der Waals surface area contributed by atoms with Crippen molar-refractivity contribution in [3.05, 3.63) is 155 Å². The molecule has 0 saturated carbocycles. The Morgan fingerprint density at radius 1 is 0.833 bits per heavy atom. The Labute approximate surface area is 381 Å². The number of cyclic esters (lactones) is 1. The van der Waals surface area contributed by atoms with Crippen molar-refractivity contribution in [1.29, 1.82) is 0 Å². The summed E-state index contributed by atoms with van der Waals surface area (Å²) in [7, 11) is 0. The van der Waals surface area contributed by atoms with Crippen LogP contribution in [-0.4, -0.2) is 102 Å². The van der Waals surface area contributed by atoms with Gasteiger partial charge in [-0.2, -0.15) is 0 Å². The lowest BCUT2D eigenvalue weighted by molar-refractivity contribution is -0.179. The molecule has 3 saturated heterocycles. The third-order valence-electron chi connectivity index (χ3n) is 13.2. The smallest absolute Gasteiger partial charge is 0.324 e. The van der Waals surface area contributed by atoms with Gasteiger partial charge in [0.25, 0.3) is 0 Å². The van der Waals surface area contributed by atoms with Crippen molar-refractivity contribution in [1.82, 2.24) is 20.0 Å². The Kier molecular flexibility index (Phi) is 11.5. The first-order valence-corrected chi connectivity index (χ1v) is 22.0. The van der Waals surface area contributed by atoms with Gasteiger partial charge in [0.15, 0.2) is 11.5 Å². The number of urea groups is 1. The average molecular weight is 889 g/mol. The third-order valence-corrected chi connectivity index (χ3v) is 13.2. The molecule has 66 heavy (non-hydrogen) atoms. The number of aliphatic hydroxyl groups is 1. The topological polar surface area (TPSA) is 185 Å². The summed E-state index contributed by atoms with van der Waals surface area (Å²) in [5, 5.41) is 15.4. The zero-order valence-electron chi connectivity index (χ0n) is 35.9. The zero-order valence-corrected chi connectivity index (χ0v) is 35.9. The molecule has 15 heteroatoms. The van der Waals surface area contributed by atoms with E-state index in [0.717, 1.165) is 16.7 Å². The number of carbonyl (C=O) groups excluding carboxylic acids is 4. The van der Waals surface area contributed by atoms with E-state index in [1.807, 2.05) is 108 Å². The maximum absolute atomic E-state index is 16.0. The zero-order chi connectivity index (χ0) is 45.4. The maximum Gasteiger partial charge on any atom is 0.324 e. The van der Waals surface area contributed by atoms with Crippen LogP contribution in [0.25, 0.3) is 0 Å². The molecule has 0 bridgehead atoms. The summed E-state index contributed by atoms with van der Waals surface area (Å²) in [5.41, 5.74) is 8.30. The Morgan fingerprint density at radius 3 is 2.33 bits per heavy atom. The Balaban J connectivity index is 1.14. The van der Waals surface area contributed by atoms with Crippen molar-refractivity contribution in [3.8, 4) is 29.1 Å². The fraction of sp³-hybridized carbons (Fsp3) is 0.294. The lowest BCUT2D eigenvalue weighted by Gasteiger charge is -2.46. The summed E-state index contributed by atoms with van der Waals surface area (Å²) in [6.07, 6.45) is -0.835. The van der Waals surface area contributed by atoms with Crippen molar-refractivity contribution in [2.75, 3.05) is 58.0 Å². The first-order chi connectivity index (χ1) is 32.2. The van der Waals surface area contributed by atoms with E-state index in [9.17, 15) is 9.90 Å². The normalized spacial score (nSPS) is 24.1. The molecule has 0 aliphatic carbocycles. The number of nitrogens with two attached hydrogens (primary N) is 1. The lowest BCUT2D eigenvalue weighted by Crippen LogP contribution is -2.58. The lowest BCUT2D eigenvalue weighted by atomic mass is 9.65. The van der Waals surface area contributed by atoms with Gasteiger partial charge in [-0.1, -0.05) is 90.7 Å². The number of anilines is 1. The van der Waals surface area contributed by atoms with Crippen LogP contribution in [0.1, 0.15) is 51.6 Å². The van der Waals surface area contributed by atoms with Crippen molar-refractivity contribution in [2.45, 2.75) is 36.2 Å². The van der Waals surface area contributed by atoms with Gasteiger partial charge < -0.3 is 45.3 Å². The van der Waals surface area contributed by atoms with Gasteiger partial charge >= 0.3 is 12.0 Å². The number of morpholine rings is 1. The number of fused-ring (bicyclic) bond motifs is 4. The highest BCUT2D eigenvalue weighted by atomic mass is 16.7. The van der Waals surface area contributed by atoms with Crippen LogP contribution in [0.15, 0.2) is 121 Å². The van der Waals surface area contributed by atoms with Crippen LogP contribution in [0.2, 0.25) is 0 Å². The molecule has 5 N–H and O–H groups in total. The van der Waals surface area contributed by atoms with Crippen molar-refractivity contribution in [2.24, 2.45) is 11.7 Å². The number of rotatable bonds is 10.